The van der Waals surface area contributed by atoms with Gasteiger partial charge in [-0.2, -0.15) is 0 Å². The van der Waals surface area contributed by atoms with E-state index in [0.29, 0.717) is 18.0 Å². The molecule has 2 rings (SSSR count). The van der Waals surface area contributed by atoms with Gasteiger partial charge < -0.3 is 14.8 Å². The molecule has 1 aromatic carbocycles. The highest BCUT2D eigenvalue weighted by molar-refractivity contribution is 5.92. The predicted molar refractivity (Wildman–Crippen MR) is 89.7 cm³/mol. The fourth-order valence-electron chi connectivity index (χ4n) is 2.17. The summed E-state index contributed by atoms with van der Waals surface area (Å²) in [6, 6.07) is 5.15. The average Bonchev–Trinajstić information content (AvgIpc) is 2.81. The van der Waals surface area contributed by atoms with Crippen molar-refractivity contribution >= 4 is 11.6 Å². The zero-order valence-electron chi connectivity index (χ0n) is 14.4. The van der Waals surface area contributed by atoms with Gasteiger partial charge in [-0.1, -0.05) is 26.8 Å². The Labute approximate surface area is 136 Å². The van der Waals surface area contributed by atoms with E-state index in [1.165, 1.54) is 0 Å². The molecular weight excluding hydrogens is 292 g/mol. The summed E-state index contributed by atoms with van der Waals surface area (Å²) < 4.78 is 5.78. The molecule has 0 aliphatic heterocycles. The van der Waals surface area contributed by atoms with Crippen LogP contribution in [0, 0.1) is 13.8 Å². The third kappa shape index (κ3) is 4.34. The molecule has 124 valence electrons. The molecule has 0 aliphatic carbocycles. The van der Waals surface area contributed by atoms with Gasteiger partial charge in [-0.15, -0.1) is 0 Å². The second-order valence-electron chi connectivity index (χ2n) is 6.85. The number of oxazole rings is 1. The highest BCUT2D eigenvalue weighted by atomic mass is 16.4. The second-order valence-corrected chi connectivity index (χ2v) is 6.85. The molecule has 1 heterocycles. The number of nitrogens with one attached hydrogen (secondary N) is 1. The highest BCUT2D eigenvalue weighted by Crippen LogP contribution is 2.26. The van der Waals surface area contributed by atoms with Crippen LogP contribution < -0.4 is 5.32 Å². The molecule has 2 aromatic rings. The van der Waals surface area contributed by atoms with Crippen molar-refractivity contribution in [3.8, 4) is 5.75 Å². The van der Waals surface area contributed by atoms with Gasteiger partial charge in [0.25, 0.3) is 0 Å². The maximum Gasteiger partial charge on any atom is 0.224 e. The number of aryl methyl sites for hydroxylation is 3. The van der Waals surface area contributed by atoms with E-state index in [1.807, 2.05) is 40.7 Å². The number of phenols is 1. The minimum atomic E-state index is -0.169. The molecular formula is C18H24N2O3. The second kappa shape index (κ2) is 6.44. The number of rotatable bonds is 4. The summed E-state index contributed by atoms with van der Waals surface area (Å²) >= 11 is 0. The van der Waals surface area contributed by atoms with Crippen LogP contribution in [0.4, 0.5) is 5.69 Å². The fraction of sp³-hybridized carbons (Fsp3) is 0.444. The van der Waals surface area contributed by atoms with Crippen molar-refractivity contribution < 1.29 is 14.3 Å². The molecule has 2 N–H and O–H groups in total. The van der Waals surface area contributed by atoms with Crippen molar-refractivity contribution in [2.75, 3.05) is 5.32 Å². The molecule has 23 heavy (non-hydrogen) atoms. The van der Waals surface area contributed by atoms with E-state index in [9.17, 15) is 9.90 Å². The summed E-state index contributed by atoms with van der Waals surface area (Å²) in [6.07, 6.45) is 0.750. The summed E-state index contributed by atoms with van der Waals surface area (Å²) in [6.45, 7) is 9.88. The SMILES string of the molecule is Cc1ccc(NC(=O)CCc2oc(C(C)(C)C)nc2C)c(O)c1. The van der Waals surface area contributed by atoms with Crippen molar-refractivity contribution in [2.24, 2.45) is 0 Å². The van der Waals surface area contributed by atoms with Crippen molar-refractivity contribution in [3.63, 3.8) is 0 Å². The molecule has 5 heteroatoms. The summed E-state index contributed by atoms with van der Waals surface area (Å²) in [5.74, 6) is 1.32. The third-order valence-electron chi connectivity index (χ3n) is 3.54. The monoisotopic (exact) mass is 316 g/mol. The first-order valence-corrected chi connectivity index (χ1v) is 7.73. The minimum Gasteiger partial charge on any atom is -0.506 e. The molecule has 0 saturated carbocycles. The lowest BCUT2D eigenvalue weighted by atomic mass is 9.97. The Hall–Kier alpha value is -2.30. The number of phenolic OH excluding ortho intramolecular Hbond substituents is 1. The number of anilines is 1. The van der Waals surface area contributed by atoms with Gasteiger partial charge in [0.05, 0.1) is 11.4 Å². The van der Waals surface area contributed by atoms with E-state index in [0.717, 1.165) is 17.0 Å². The topological polar surface area (TPSA) is 75.4 Å². The number of carbonyl (C=O) groups is 1. The van der Waals surface area contributed by atoms with Crippen LogP contribution in [0.15, 0.2) is 22.6 Å². The van der Waals surface area contributed by atoms with Crippen LogP contribution in [0.1, 0.15) is 50.1 Å². The molecule has 0 radical (unpaired) electrons. The van der Waals surface area contributed by atoms with E-state index < -0.39 is 0 Å². The van der Waals surface area contributed by atoms with E-state index in [4.69, 9.17) is 4.42 Å². The van der Waals surface area contributed by atoms with Crippen LogP contribution in [0.25, 0.3) is 0 Å². The van der Waals surface area contributed by atoms with Crippen molar-refractivity contribution in [1.29, 1.82) is 0 Å². The smallest absolute Gasteiger partial charge is 0.224 e. The van der Waals surface area contributed by atoms with E-state index in [-0.39, 0.29) is 23.5 Å². The van der Waals surface area contributed by atoms with Gasteiger partial charge in [0.1, 0.15) is 11.5 Å². The third-order valence-corrected chi connectivity index (χ3v) is 3.54. The lowest BCUT2D eigenvalue weighted by Gasteiger charge is -2.12. The Morgan fingerprint density at radius 2 is 2.00 bits per heavy atom. The van der Waals surface area contributed by atoms with Gasteiger partial charge >= 0.3 is 0 Å². The Balaban J connectivity index is 1.98. The lowest BCUT2D eigenvalue weighted by Crippen LogP contribution is -2.12. The molecule has 0 unspecified atom stereocenters. The van der Waals surface area contributed by atoms with E-state index in [2.05, 4.69) is 10.3 Å². The number of aromatic nitrogens is 1. The molecule has 0 spiro atoms. The number of benzene rings is 1. The van der Waals surface area contributed by atoms with Gasteiger partial charge in [0, 0.05) is 18.3 Å². The van der Waals surface area contributed by atoms with Crippen LogP contribution >= 0.6 is 0 Å². The summed E-state index contributed by atoms with van der Waals surface area (Å²) in [4.78, 5) is 16.5. The van der Waals surface area contributed by atoms with Crippen LogP contribution in [0.5, 0.6) is 5.75 Å². The Morgan fingerprint density at radius 1 is 1.30 bits per heavy atom. The molecule has 1 amide bonds. The van der Waals surface area contributed by atoms with Crippen molar-refractivity contribution in [3.05, 3.63) is 41.1 Å². The van der Waals surface area contributed by atoms with Crippen LogP contribution in [0.3, 0.4) is 0 Å². The van der Waals surface area contributed by atoms with E-state index in [1.54, 1.807) is 12.1 Å². The van der Waals surface area contributed by atoms with Crippen LogP contribution in [0.2, 0.25) is 0 Å². The zero-order chi connectivity index (χ0) is 17.2. The molecule has 0 atom stereocenters. The standard InChI is InChI=1S/C18H24N2O3/c1-11-6-7-13(14(21)10-11)20-16(22)9-8-15-12(2)19-17(23-15)18(3,4)5/h6-7,10,21H,8-9H2,1-5H3,(H,20,22). The normalized spacial score (nSPS) is 11.5. The quantitative estimate of drug-likeness (QED) is 0.840. The van der Waals surface area contributed by atoms with Gasteiger partial charge in [-0.05, 0) is 31.5 Å². The Kier molecular flexibility index (Phi) is 4.78. The molecule has 0 saturated heterocycles. The maximum atomic E-state index is 12.1. The lowest BCUT2D eigenvalue weighted by molar-refractivity contribution is -0.116. The van der Waals surface area contributed by atoms with Gasteiger partial charge in [0.15, 0.2) is 5.89 Å². The first-order chi connectivity index (χ1) is 10.7. The number of nitrogens with zero attached hydrogens (tertiary/aromatic N) is 1. The predicted octanol–water partition coefficient (Wildman–Crippen LogP) is 3.87. The molecule has 5 nitrogen and oxygen atoms in total. The highest BCUT2D eigenvalue weighted by Gasteiger charge is 2.22. The maximum absolute atomic E-state index is 12.1. The van der Waals surface area contributed by atoms with Gasteiger partial charge in [0.2, 0.25) is 5.91 Å². The number of hydrogen-bond donors (Lipinski definition) is 2. The first kappa shape index (κ1) is 17.1. The zero-order valence-corrected chi connectivity index (χ0v) is 14.4. The summed E-state index contributed by atoms with van der Waals surface area (Å²) in [5, 5.41) is 12.5. The summed E-state index contributed by atoms with van der Waals surface area (Å²) in [5.41, 5.74) is 2.03. The largest absolute Gasteiger partial charge is 0.506 e. The fourth-order valence-corrected chi connectivity index (χ4v) is 2.17. The van der Waals surface area contributed by atoms with Crippen LogP contribution in [-0.4, -0.2) is 16.0 Å². The molecule has 0 fully saturated rings. The molecule has 0 aliphatic rings. The van der Waals surface area contributed by atoms with Gasteiger partial charge in [-0.25, -0.2) is 4.98 Å². The van der Waals surface area contributed by atoms with Crippen LogP contribution in [-0.2, 0) is 16.6 Å². The molecule has 1 aromatic heterocycles. The van der Waals surface area contributed by atoms with Crippen molar-refractivity contribution in [2.45, 2.75) is 52.9 Å². The van der Waals surface area contributed by atoms with Crippen molar-refractivity contribution in [1.82, 2.24) is 4.98 Å². The number of hydrogen-bond acceptors (Lipinski definition) is 4. The number of amides is 1. The van der Waals surface area contributed by atoms with Gasteiger partial charge in [-0.3, -0.25) is 4.79 Å². The Morgan fingerprint density at radius 3 is 2.57 bits per heavy atom. The number of aromatic hydroxyl groups is 1. The Bertz CT molecular complexity index is 712. The average molecular weight is 316 g/mol. The van der Waals surface area contributed by atoms with E-state index >= 15 is 0 Å². The minimum absolute atomic E-state index is 0.0733. The number of carbonyl (C=O) groups excluding carboxylic acids is 1. The first-order valence-electron chi connectivity index (χ1n) is 7.73. The molecule has 0 bridgehead atoms. The summed E-state index contributed by atoms with van der Waals surface area (Å²) in [7, 11) is 0.